The summed E-state index contributed by atoms with van der Waals surface area (Å²) >= 11 is 5.64. The number of hydrogen-bond acceptors (Lipinski definition) is 3. The van der Waals surface area contributed by atoms with Crippen LogP contribution >= 0.6 is 11.6 Å². The zero-order valence-corrected chi connectivity index (χ0v) is 12.1. The smallest absolute Gasteiger partial charge is 0.264 e. The van der Waals surface area contributed by atoms with Crippen LogP contribution in [0, 0.1) is 5.82 Å². The number of hydrogen-bond donors (Lipinski definition) is 1. The zero-order valence-electron chi connectivity index (χ0n) is 11.3. The first kappa shape index (κ1) is 15.1. The van der Waals surface area contributed by atoms with Crippen molar-refractivity contribution in [2.24, 2.45) is 0 Å². The predicted molar refractivity (Wildman–Crippen MR) is 81.2 cm³/mol. The van der Waals surface area contributed by atoms with Crippen molar-refractivity contribution in [3.63, 3.8) is 0 Å². The highest BCUT2D eigenvalue weighted by atomic mass is 35.5. The lowest BCUT2D eigenvalue weighted by Gasteiger charge is -2.18. The van der Waals surface area contributed by atoms with E-state index in [0.717, 1.165) is 0 Å². The van der Waals surface area contributed by atoms with E-state index in [1.54, 1.807) is 37.4 Å². The van der Waals surface area contributed by atoms with Crippen molar-refractivity contribution < 1.29 is 13.9 Å². The summed E-state index contributed by atoms with van der Waals surface area (Å²) in [6.07, 6.45) is 0. The Morgan fingerprint density at radius 1 is 1.29 bits per heavy atom. The van der Waals surface area contributed by atoms with Gasteiger partial charge in [-0.3, -0.25) is 4.79 Å². The van der Waals surface area contributed by atoms with E-state index >= 15 is 0 Å². The molecule has 0 fully saturated rings. The van der Waals surface area contributed by atoms with Crippen LogP contribution in [0.5, 0.6) is 5.75 Å². The molecule has 110 valence electrons. The van der Waals surface area contributed by atoms with Crippen molar-refractivity contribution in [2.75, 3.05) is 24.3 Å². The molecule has 4 nitrogen and oxygen atoms in total. The second kappa shape index (κ2) is 6.45. The highest BCUT2D eigenvalue weighted by molar-refractivity contribution is 6.30. The summed E-state index contributed by atoms with van der Waals surface area (Å²) < 4.78 is 18.8. The molecule has 2 aromatic rings. The first-order valence-electron chi connectivity index (χ1n) is 6.18. The molecule has 0 saturated carbocycles. The number of amides is 1. The van der Waals surface area contributed by atoms with Gasteiger partial charge in [0.1, 0.15) is 0 Å². The van der Waals surface area contributed by atoms with Crippen molar-refractivity contribution >= 4 is 28.9 Å². The summed E-state index contributed by atoms with van der Waals surface area (Å²) in [6.45, 7) is -0.294. The molecule has 0 heterocycles. The summed E-state index contributed by atoms with van der Waals surface area (Å²) in [4.78, 5) is 13.4. The molecule has 0 saturated heterocycles. The molecule has 2 N–H and O–H groups in total. The van der Waals surface area contributed by atoms with Gasteiger partial charge in [-0.1, -0.05) is 17.7 Å². The predicted octanol–water partition coefficient (Wildman–Crippen LogP) is 3.10. The van der Waals surface area contributed by atoms with Crippen molar-refractivity contribution in [3.8, 4) is 5.75 Å². The largest absolute Gasteiger partial charge is 0.481 e. The van der Waals surface area contributed by atoms with E-state index in [9.17, 15) is 9.18 Å². The number of ether oxygens (including phenoxy) is 1. The van der Waals surface area contributed by atoms with Gasteiger partial charge in [-0.25, -0.2) is 4.39 Å². The number of anilines is 2. The number of nitrogens with zero attached hydrogens (tertiary/aromatic N) is 1. The van der Waals surface area contributed by atoms with Crippen LogP contribution in [0.25, 0.3) is 0 Å². The summed E-state index contributed by atoms with van der Waals surface area (Å²) in [7, 11) is 1.60. The number of halogens is 2. The third-order valence-electron chi connectivity index (χ3n) is 2.92. The van der Waals surface area contributed by atoms with Crippen LogP contribution in [-0.2, 0) is 4.79 Å². The number of nitrogens with two attached hydrogens (primary N) is 1. The second-order valence-corrected chi connectivity index (χ2v) is 4.79. The standard InChI is InChI=1S/C15H14ClFN2O2/c1-19(11-7-5-10(18)6-8-11)14(20)9-21-13-4-2-3-12(16)15(13)17/h2-8H,9,18H2,1H3. The number of rotatable bonds is 4. The molecule has 0 unspecified atom stereocenters. The van der Waals surface area contributed by atoms with Crippen LogP contribution < -0.4 is 15.4 Å². The molecule has 0 spiro atoms. The fraction of sp³-hybridized carbons (Fsp3) is 0.133. The first-order valence-corrected chi connectivity index (χ1v) is 6.55. The summed E-state index contributed by atoms with van der Waals surface area (Å²) in [5.41, 5.74) is 6.87. The number of carbonyl (C=O) groups is 1. The molecule has 0 aliphatic rings. The van der Waals surface area contributed by atoms with E-state index in [1.165, 1.54) is 17.0 Å². The quantitative estimate of drug-likeness (QED) is 0.883. The summed E-state index contributed by atoms with van der Waals surface area (Å²) in [5, 5.41) is -0.0492. The number of benzene rings is 2. The van der Waals surface area contributed by atoms with Crippen LogP contribution in [0.2, 0.25) is 5.02 Å². The second-order valence-electron chi connectivity index (χ2n) is 4.38. The highest BCUT2D eigenvalue weighted by Crippen LogP contribution is 2.24. The molecule has 2 rings (SSSR count). The Balaban J connectivity index is 2.01. The van der Waals surface area contributed by atoms with E-state index in [4.69, 9.17) is 22.1 Å². The van der Waals surface area contributed by atoms with Crippen molar-refractivity contribution in [1.82, 2.24) is 0 Å². The van der Waals surface area contributed by atoms with Gasteiger partial charge >= 0.3 is 0 Å². The van der Waals surface area contributed by atoms with Gasteiger partial charge in [0.15, 0.2) is 18.2 Å². The molecule has 6 heteroatoms. The van der Waals surface area contributed by atoms with Crippen LogP contribution in [0.15, 0.2) is 42.5 Å². The van der Waals surface area contributed by atoms with E-state index in [-0.39, 0.29) is 23.3 Å². The van der Waals surface area contributed by atoms with E-state index in [1.807, 2.05) is 0 Å². The van der Waals surface area contributed by atoms with Crippen LogP contribution in [-0.4, -0.2) is 19.6 Å². The van der Waals surface area contributed by atoms with E-state index < -0.39 is 5.82 Å². The molecule has 0 aliphatic carbocycles. The maximum absolute atomic E-state index is 13.6. The summed E-state index contributed by atoms with van der Waals surface area (Å²) in [5.74, 6) is -1.05. The van der Waals surface area contributed by atoms with Crippen molar-refractivity contribution in [3.05, 3.63) is 53.3 Å². The zero-order chi connectivity index (χ0) is 15.4. The van der Waals surface area contributed by atoms with Crippen LogP contribution in [0.3, 0.4) is 0 Å². The fourth-order valence-corrected chi connectivity index (χ4v) is 1.84. The van der Waals surface area contributed by atoms with Gasteiger partial charge in [0.25, 0.3) is 5.91 Å². The van der Waals surface area contributed by atoms with Crippen molar-refractivity contribution in [2.45, 2.75) is 0 Å². The minimum absolute atomic E-state index is 0.0492. The Hall–Kier alpha value is -2.27. The number of nitrogen functional groups attached to an aromatic ring is 1. The molecule has 0 bridgehead atoms. The number of likely N-dealkylation sites (N-methyl/N-ethyl adjacent to an activating group) is 1. The lowest BCUT2D eigenvalue weighted by atomic mass is 10.2. The molecular formula is C15H14ClFN2O2. The molecule has 21 heavy (non-hydrogen) atoms. The third kappa shape index (κ3) is 3.64. The van der Waals surface area contributed by atoms with Crippen molar-refractivity contribution in [1.29, 1.82) is 0 Å². The monoisotopic (exact) mass is 308 g/mol. The minimum Gasteiger partial charge on any atom is -0.481 e. The Kier molecular flexibility index (Phi) is 4.65. The van der Waals surface area contributed by atoms with Crippen LogP contribution in [0.4, 0.5) is 15.8 Å². The molecule has 0 aliphatic heterocycles. The molecule has 0 aromatic heterocycles. The average Bonchev–Trinajstić information content (AvgIpc) is 2.48. The average molecular weight is 309 g/mol. The van der Waals surface area contributed by atoms with Gasteiger partial charge in [0.05, 0.1) is 5.02 Å². The normalized spacial score (nSPS) is 10.2. The van der Waals surface area contributed by atoms with Gasteiger partial charge in [-0.15, -0.1) is 0 Å². The molecule has 1 amide bonds. The minimum atomic E-state index is -0.679. The fourth-order valence-electron chi connectivity index (χ4n) is 1.67. The van der Waals surface area contributed by atoms with Gasteiger partial charge in [0, 0.05) is 18.4 Å². The topological polar surface area (TPSA) is 55.6 Å². The van der Waals surface area contributed by atoms with E-state index in [2.05, 4.69) is 0 Å². The highest BCUT2D eigenvalue weighted by Gasteiger charge is 2.14. The Morgan fingerprint density at radius 2 is 1.95 bits per heavy atom. The number of carbonyl (C=O) groups excluding carboxylic acids is 1. The van der Waals surface area contributed by atoms with Crippen LogP contribution in [0.1, 0.15) is 0 Å². The van der Waals surface area contributed by atoms with Gasteiger partial charge < -0.3 is 15.4 Å². The maximum atomic E-state index is 13.6. The molecule has 0 radical (unpaired) electrons. The maximum Gasteiger partial charge on any atom is 0.264 e. The Morgan fingerprint density at radius 3 is 2.62 bits per heavy atom. The lowest BCUT2D eigenvalue weighted by Crippen LogP contribution is -2.31. The van der Waals surface area contributed by atoms with Gasteiger partial charge in [0.2, 0.25) is 0 Å². The molecule has 2 aromatic carbocycles. The Bertz CT molecular complexity index is 647. The first-order chi connectivity index (χ1) is 9.99. The lowest BCUT2D eigenvalue weighted by molar-refractivity contribution is -0.120. The SMILES string of the molecule is CN(C(=O)COc1cccc(Cl)c1F)c1ccc(N)cc1. The summed E-state index contributed by atoms with van der Waals surface area (Å²) in [6, 6.07) is 11.2. The van der Waals surface area contributed by atoms with Gasteiger partial charge in [-0.05, 0) is 36.4 Å². The van der Waals surface area contributed by atoms with Gasteiger partial charge in [-0.2, -0.15) is 0 Å². The molecule has 0 atom stereocenters. The third-order valence-corrected chi connectivity index (χ3v) is 3.21. The Labute approximate surface area is 126 Å². The van der Waals surface area contributed by atoms with E-state index in [0.29, 0.717) is 11.4 Å². The molecular weight excluding hydrogens is 295 g/mol.